The van der Waals surface area contributed by atoms with E-state index in [4.69, 9.17) is 15.3 Å². The van der Waals surface area contributed by atoms with E-state index in [1.807, 2.05) is 0 Å². The van der Waals surface area contributed by atoms with E-state index >= 15 is 0 Å². The van der Waals surface area contributed by atoms with Crippen LogP contribution in [0.3, 0.4) is 0 Å². The molecule has 0 aromatic rings. The molecule has 0 saturated heterocycles. The molecule has 0 aromatic heterocycles. The maximum Gasteiger partial charge on any atom is 0.460 e. The number of halogens is 13. The number of rotatable bonds is 9. The van der Waals surface area contributed by atoms with Crippen molar-refractivity contribution in [3.05, 3.63) is 0 Å². The van der Waals surface area contributed by atoms with Crippen molar-refractivity contribution >= 4 is 10.0 Å². The summed E-state index contributed by atoms with van der Waals surface area (Å²) in [4.78, 5) is 0. The van der Waals surface area contributed by atoms with Gasteiger partial charge < -0.3 is 15.3 Å². The third kappa shape index (κ3) is 5.19. The Morgan fingerprint density at radius 1 is 0.567 bits per heavy atom. The minimum absolute atomic E-state index is 0.125. The minimum Gasteiger partial charge on any atom is -0.395 e. The van der Waals surface area contributed by atoms with Crippen molar-refractivity contribution in [1.82, 2.24) is 4.72 Å². The Bertz CT molecular complexity index is 647. The van der Waals surface area contributed by atoms with Gasteiger partial charge in [0.1, 0.15) is 0 Å². The molecule has 0 aliphatic heterocycles. The molecule has 20 heteroatoms. The SMILES string of the molecule is O=S(=O)(NCCO)C(F)(F)C(F)(F)C(F)(F)C(F)(F)C(F)(F)C(F)(F)F.OCCO. The van der Waals surface area contributed by atoms with Crippen molar-refractivity contribution in [2.75, 3.05) is 26.4 Å². The van der Waals surface area contributed by atoms with Gasteiger partial charge in [-0.1, -0.05) is 0 Å². The molecular formula is C10H12F13NO5S. The van der Waals surface area contributed by atoms with Crippen LogP contribution in [0, 0.1) is 0 Å². The smallest absolute Gasteiger partial charge is 0.395 e. The number of aliphatic hydroxyl groups excluding tert-OH is 3. The number of alkyl halides is 13. The molecule has 0 atom stereocenters. The third-order valence-electron chi connectivity index (χ3n) is 2.75. The van der Waals surface area contributed by atoms with Crippen molar-refractivity contribution < 1.29 is 80.8 Å². The van der Waals surface area contributed by atoms with Crippen LogP contribution in [0.2, 0.25) is 0 Å². The standard InChI is InChI=1S/C8H6F13NO3S.C2H6O2/c9-3(10,5(13,14)7(17,18)19)4(11,12)6(15,16)8(20,21)26(24,25)22-1-2-23;3-1-2-4/h22-23H,1-2H2;3-4H,1-2H2. The molecule has 184 valence electrons. The summed E-state index contributed by atoms with van der Waals surface area (Å²) in [6, 6.07) is 0. The average Bonchev–Trinajstić information content (AvgIpc) is 2.58. The Balaban J connectivity index is 0. The van der Waals surface area contributed by atoms with E-state index in [0.717, 1.165) is 0 Å². The molecule has 0 unspecified atom stereocenters. The van der Waals surface area contributed by atoms with Crippen molar-refractivity contribution in [2.45, 2.75) is 35.1 Å². The van der Waals surface area contributed by atoms with Crippen LogP contribution in [0.25, 0.3) is 0 Å². The first-order valence-corrected chi connectivity index (χ1v) is 8.23. The van der Waals surface area contributed by atoms with E-state index in [-0.39, 0.29) is 13.2 Å². The van der Waals surface area contributed by atoms with Gasteiger partial charge >= 0.3 is 35.1 Å². The number of hydrogen-bond acceptors (Lipinski definition) is 5. The van der Waals surface area contributed by atoms with Gasteiger partial charge in [0.25, 0.3) is 10.0 Å². The predicted molar refractivity (Wildman–Crippen MR) is 69.0 cm³/mol. The summed E-state index contributed by atoms with van der Waals surface area (Å²) in [6.07, 6.45) is -7.58. The van der Waals surface area contributed by atoms with Crippen molar-refractivity contribution in [3.8, 4) is 0 Å². The van der Waals surface area contributed by atoms with Crippen LogP contribution in [-0.2, 0) is 10.0 Å². The number of sulfonamides is 1. The summed E-state index contributed by atoms with van der Waals surface area (Å²) in [5, 5.41) is 16.1. The van der Waals surface area contributed by atoms with Gasteiger partial charge in [0.05, 0.1) is 19.8 Å². The maximum absolute atomic E-state index is 13.2. The summed E-state index contributed by atoms with van der Waals surface area (Å²) in [5.41, 5.74) is 0. The monoisotopic (exact) mass is 505 g/mol. The van der Waals surface area contributed by atoms with Crippen LogP contribution in [0.4, 0.5) is 57.1 Å². The molecule has 0 heterocycles. The van der Waals surface area contributed by atoms with Gasteiger partial charge in [0.2, 0.25) is 0 Å². The zero-order valence-corrected chi connectivity index (χ0v) is 14.6. The number of hydrogen-bond donors (Lipinski definition) is 4. The first kappa shape index (κ1) is 31.1. The fourth-order valence-electron chi connectivity index (χ4n) is 1.19. The highest BCUT2D eigenvalue weighted by molar-refractivity contribution is 7.90. The molecule has 0 radical (unpaired) electrons. The van der Waals surface area contributed by atoms with Crippen LogP contribution in [-0.4, -0.2) is 85.2 Å². The van der Waals surface area contributed by atoms with E-state index in [1.54, 1.807) is 0 Å². The molecule has 4 N–H and O–H groups in total. The second-order valence-corrected chi connectivity index (χ2v) is 6.69. The molecule has 0 spiro atoms. The van der Waals surface area contributed by atoms with Crippen LogP contribution in [0.15, 0.2) is 0 Å². The largest absolute Gasteiger partial charge is 0.460 e. The van der Waals surface area contributed by atoms with Crippen LogP contribution in [0.1, 0.15) is 0 Å². The highest BCUT2D eigenvalue weighted by atomic mass is 32.2. The average molecular weight is 505 g/mol. The Labute approximate surface area is 158 Å². The van der Waals surface area contributed by atoms with Gasteiger partial charge in [-0.2, -0.15) is 57.1 Å². The molecule has 0 aliphatic carbocycles. The fourth-order valence-corrected chi connectivity index (χ4v) is 2.20. The lowest BCUT2D eigenvalue weighted by molar-refractivity contribution is -0.433. The van der Waals surface area contributed by atoms with E-state index < -0.39 is 58.3 Å². The molecule has 0 bridgehead atoms. The zero-order valence-electron chi connectivity index (χ0n) is 13.8. The summed E-state index contributed by atoms with van der Waals surface area (Å²) in [5.74, 6) is -32.3. The second-order valence-electron chi connectivity index (χ2n) is 4.88. The van der Waals surface area contributed by atoms with Gasteiger partial charge in [0, 0.05) is 6.54 Å². The van der Waals surface area contributed by atoms with Gasteiger partial charge in [-0.15, -0.1) is 0 Å². The van der Waals surface area contributed by atoms with Crippen LogP contribution >= 0.6 is 0 Å². The lowest BCUT2D eigenvalue weighted by Gasteiger charge is -2.39. The van der Waals surface area contributed by atoms with E-state index in [9.17, 15) is 65.5 Å². The molecule has 6 nitrogen and oxygen atoms in total. The van der Waals surface area contributed by atoms with E-state index in [2.05, 4.69) is 0 Å². The van der Waals surface area contributed by atoms with E-state index in [1.165, 1.54) is 0 Å². The highest BCUT2D eigenvalue weighted by Gasteiger charge is 2.92. The number of nitrogens with one attached hydrogen (secondary N) is 1. The van der Waals surface area contributed by atoms with Crippen molar-refractivity contribution in [2.24, 2.45) is 0 Å². The third-order valence-corrected chi connectivity index (χ3v) is 4.26. The predicted octanol–water partition coefficient (Wildman–Crippen LogP) is 1.57. The first-order valence-electron chi connectivity index (χ1n) is 6.75. The summed E-state index contributed by atoms with van der Waals surface area (Å²) >= 11 is 0. The van der Waals surface area contributed by atoms with Gasteiger partial charge in [0.15, 0.2) is 0 Å². The van der Waals surface area contributed by atoms with Gasteiger partial charge in [-0.3, -0.25) is 0 Å². The van der Waals surface area contributed by atoms with Crippen molar-refractivity contribution in [1.29, 1.82) is 0 Å². The molecule has 0 fully saturated rings. The minimum atomic E-state index is -8.20. The fraction of sp³-hybridized carbons (Fsp3) is 1.00. The van der Waals surface area contributed by atoms with Crippen LogP contribution < -0.4 is 4.72 Å². The number of aliphatic hydroxyl groups is 3. The second kappa shape index (κ2) is 9.57. The Morgan fingerprint density at radius 2 is 0.900 bits per heavy atom. The molecule has 0 aliphatic rings. The lowest BCUT2D eigenvalue weighted by Crippen LogP contribution is -2.71. The maximum atomic E-state index is 13.2. The molecular weight excluding hydrogens is 493 g/mol. The Kier molecular flexibility index (Phi) is 9.91. The molecule has 0 saturated carbocycles. The van der Waals surface area contributed by atoms with Gasteiger partial charge in [-0.25, -0.2) is 13.1 Å². The normalized spacial score (nSPS) is 14.9. The first-order chi connectivity index (χ1) is 13.0. The quantitative estimate of drug-likeness (QED) is 0.356. The molecule has 0 rings (SSSR count). The molecule has 0 aromatic carbocycles. The zero-order chi connectivity index (χ0) is 25.0. The van der Waals surface area contributed by atoms with Gasteiger partial charge in [-0.05, 0) is 0 Å². The van der Waals surface area contributed by atoms with E-state index in [0.29, 0.717) is 4.72 Å². The lowest BCUT2D eigenvalue weighted by atomic mass is 9.98. The topological polar surface area (TPSA) is 107 Å². The summed E-state index contributed by atoms with van der Waals surface area (Å²) < 4.78 is 187. The molecule has 0 amide bonds. The summed E-state index contributed by atoms with van der Waals surface area (Å²) in [6.45, 7) is -3.17. The Hall–Kier alpha value is -1.12. The Morgan fingerprint density at radius 3 is 1.17 bits per heavy atom. The van der Waals surface area contributed by atoms with Crippen LogP contribution in [0.5, 0.6) is 0 Å². The summed E-state index contributed by atoms with van der Waals surface area (Å²) in [7, 11) is -7.04. The molecule has 30 heavy (non-hydrogen) atoms. The van der Waals surface area contributed by atoms with Crippen molar-refractivity contribution in [3.63, 3.8) is 0 Å². The highest BCUT2D eigenvalue weighted by Crippen LogP contribution is 2.60.